The SMILES string of the molecule is Cc1cc(Br)cc(NC(=O)c2cccc(Br)c2)c1. The Morgan fingerprint density at radius 3 is 2.50 bits per heavy atom. The first-order chi connectivity index (χ1) is 8.54. The maximum atomic E-state index is 12.0. The Morgan fingerprint density at radius 1 is 1.06 bits per heavy atom. The van der Waals surface area contributed by atoms with Crippen molar-refractivity contribution in [3.05, 3.63) is 62.5 Å². The lowest BCUT2D eigenvalue weighted by molar-refractivity contribution is 0.102. The lowest BCUT2D eigenvalue weighted by Gasteiger charge is -2.07. The lowest BCUT2D eigenvalue weighted by atomic mass is 10.2. The summed E-state index contributed by atoms with van der Waals surface area (Å²) in [6.45, 7) is 1.99. The van der Waals surface area contributed by atoms with Crippen molar-refractivity contribution in [1.29, 1.82) is 0 Å². The topological polar surface area (TPSA) is 29.1 Å². The number of aryl methyl sites for hydroxylation is 1. The maximum absolute atomic E-state index is 12.0. The third-order valence-electron chi connectivity index (χ3n) is 2.39. The smallest absolute Gasteiger partial charge is 0.255 e. The van der Waals surface area contributed by atoms with Gasteiger partial charge >= 0.3 is 0 Å². The van der Waals surface area contributed by atoms with Crippen molar-refractivity contribution in [2.45, 2.75) is 6.92 Å². The van der Waals surface area contributed by atoms with Crippen LogP contribution >= 0.6 is 31.9 Å². The van der Waals surface area contributed by atoms with Crippen LogP contribution in [0.15, 0.2) is 51.4 Å². The average Bonchev–Trinajstić information content (AvgIpc) is 2.27. The molecule has 2 aromatic carbocycles. The molecule has 0 aliphatic heterocycles. The maximum Gasteiger partial charge on any atom is 0.255 e. The van der Waals surface area contributed by atoms with Crippen LogP contribution in [-0.2, 0) is 0 Å². The van der Waals surface area contributed by atoms with E-state index in [9.17, 15) is 4.79 Å². The van der Waals surface area contributed by atoms with Crippen molar-refractivity contribution in [2.75, 3.05) is 5.32 Å². The number of hydrogen-bond donors (Lipinski definition) is 1. The van der Waals surface area contributed by atoms with Gasteiger partial charge in [0, 0.05) is 20.2 Å². The Balaban J connectivity index is 2.21. The van der Waals surface area contributed by atoms with E-state index in [-0.39, 0.29) is 5.91 Å². The van der Waals surface area contributed by atoms with E-state index in [1.165, 1.54) is 0 Å². The molecular weight excluding hydrogens is 358 g/mol. The summed E-state index contributed by atoms with van der Waals surface area (Å²) in [7, 11) is 0. The van der Waals surface area contributed by atoms with Gasteiger partial charge in [0.05, 0.1) is 0 Å². The molecule has 18 heavy (non-hydrogen) atoms. The van der Waals surface area contributed by atoms with Crippen molar-refractivity contribution >= 4 is 43.5 Å². The van der Waals surface area contributed by atoms with E-state index in [1.807, 2.05) is 37.3 Å². The second kappa shape index (κ2) is 5.67. The predicted octanol–water partition coefficient (Wildman–Crippen LogP) is 4.77. The van der Waals surface area contributed by atoms with E-state index in [0.717, 1.165) is 20.2 Å². The number of rotatable bonds is 2. The fraction of sp³-hybridized carbons (Fsp3) is 0.0714. The lowest BCUT2D eigenvalue weighted by Crippen LogP contribution is -2.11. The summed E-state index contributed by atoms with van der Waals surface area (Å²) < 4.78 is 1.84. The fourth-order valence-electron chi connectivity index (χ4n) is 1.64. The zero-order valence-electron chi connectivity index (χ0n) is 9.71. The molecule has 0 atom stereocenters. The Kier molecular flexibility index (Phi) is 4.19. The highest BCUT2D eigenvalue weighted by molar-refractivity contribution is 9.10. The van der Waals surface area contributed by atoms with Crippen LogP contribution in [0.25, 0.3) is 0 Å². The molecule has 0 aromatic heterocycles. The Bertz CT molecular complexity index is 576. The molecule has 0 fully saturated rings. The molecule has 0 bridgehead atoms. The minimum absolute atomic E-state index is 0.117. The average molecular weight is 369 g/mol. The van der Waals surface area contributed by atoms with E-state index < -0.39 is 0 Å². The summed E-state index contributed by atoms with van der Waals surface area (Å²) in [5, 5.41) is 2.88. The number of hydrogen-bond acceptors (Lipinski definition) is 1. The van der Waals surface area contributed by atoms with Crippen LogP contribution in [-0.4, -0.2) is 5.91 Å². The molecule has 1 N–H and O–H groups in total. The number of halogens is 2. The van der Waals surface area contributed by atoms with Crippen molar-refractivity contribution in [3.63, 3.8) is 0 Å². The van der Waals surface area contributed by atoms with E-state index >= 15 is 0 Å². The molecular formula is C14H11Br2NO. The molecule has 0 spiro atoms. The molecule has 0 radical (unpaired) electrons. The first-order valence-corrected chi connectivity index (χ1v) is 6.97. The summed E-state index contributed by atoms with van der Waals surface area (Å²) in [5.74, 6) is -0.117. The molecule has 2 rings (SSSR count). The predicted molar refractivity (Wildman–Crippen MR) is 81.0 cm³/mol. The number of benzene rings is 2. The first-order valence-electron chi connectivity index (χ1n) is 5.39. The van der Waals surface area contributed by atoms with Crippen LogP contribution in [0.3, 0.4) is 0 Å². The van der Waals surface area contributed by atoms with Crippen LogP contribution in [0.5, 0.6) is 0 Å². The molecule has 0 aliphatic rings. The van der Waals surface area contributed by atoms with Gasteiger partial charge in [-0.2, -0.15) is 0 Å². The molecule has 4 heteroatoms. The summed E-state index contributed by atoms with van der Waals surface area (Å²) >= 11 is 6.76. The van der Waals surface area contributed by atoms with Gasteiger partial charge in [-0.1, -0.05) is 37.9 Å². The first kappa shape index (κ1) is 13.3. The van der Waals surface area contributed by atoms with Crippen LogP contribution in [0.4, 0.5) is 5.69 Å². The Labute approximate surface area is 123 Å². The zero-order valence-corrected chi connectivity index (χ0v) is 12.9. The van der Waals surface area contributed by atoms with Crippen molar-refractivity contribution in [2.24, 2.45) is 0 Å². The number of carbonyl (C=O) groups excluding carboxylic acids is 1. The second-order valence-corrected chi connectivity index (χ2v) is 5.81. The van der Waals surface area contributed by atoms with Gasteiger partial charge in [-0.25, -0.2) is 0 Å². The fourth-order valence-corrected chi connectivity index (χ4v) is 2.65. The molecule has 0 saturated carbocycles. The van der Waals surface area contributed by atoms with E-state index in [2.05, 4.69) is 37.2 Å². The van der Waals surface area contributed by atoms with Crippen LogP contribution in [0, 0.1) is 6.92 Å². The highest BCUT2D eigenvalue weighted by atomic mass is 79.9. The van der Waals surface area contributed by atoms with Gasteiger partial charge in [-0.15, -0.1) is 0 Å². The number of amides is 1. The zero-order chi connectivity index (χ0) is 13.1. The molecule has 0 aliphatic carbocycles. The standard InChI is InChI=1S/C14H11Br2NO/c1-9-5-12(16)8-13(6-9)17-14(18)10-3-2-4-11(15)7-10/h2-8H,1H3,(H,17,18). The van der Waals surface area contributed by atoms with Gasteiger partial charge in [0.2, 0.25) is 0 Å². The summed E-state index contributed by atoms with van der Waals surface area (Å²) in [6, 6.07) is 13.1. The molecule has 0 saturated heterocycles. The van der Waals surface area contributed by atoms with Gasteiger partial charge in [-0.05, 0) is 48.9 Å². The van der Waals surface area contributed by atoms with Gasteiger partial charge in [0.15, 0.2) is 0 Å². The van der Waals surface area contributed by atoms with E-state index in [4.69, 9.17) is 0 Å². The second-order valence-electron chi connectivity index (χ2n) is 3.98. The third-order valence-corrected chi connectivity index (χ3v) is 3.34. The summed E-state index contributed by atoms with van der Waals surface area (Å²) in [5.41, 5.74) is 2.50. The van der Waals surface area contributed by atoms with Crippen molar-refractivity contribution in [1.82, 2.24) is 0 Å². The molecule has 1 amide bonds. The van der Waals surface area contributed by atoms with E-state index in [0.29, 0.717) is 5.56 Å². The molecule has 92 valence electrons. The summed E-state index contributed by atoms with van der Waals surface area (Å²) in [6.07, 6.45) is 0. The third kappa shape index (κ3) is 3.43. The molecule has 2 nitrogen and oxygen atoms in total. The molecule has 2 aromatic rings. The van der Waals surface area contributed by atoms with E-state index in [1.54, 1.807) is 12.1 Å². The van der Waals surface area contributed by atoms with Crippen LogP contribution in [0.2, 0.25) is 0 Å². The van der Waals surface area contributed by atoms with Crippen LogP contribution in [0.1, 0.15) is 15.9 Å². The minimum Gasteiger partial charge on any atom is -0.322 e. The normalized spacial score (nSPS) is 10.2. The number of nitrogens with one attached hydrogen (secondary N) is 1. The Hall–Kier alpha value is -1.13. The van der Waals surface area contributed by atoms with Gasteiger partial charge < -0.3 is 5.32 Å². The largest absolute Gasteiger partial charge is 0.322 e. The monoisotopic (exact) mass is 367 g/mol. The van der Waals surface area contributed by atoms with Gasteiger partial charge in [-0.3, -0.25) is 4.79 Å². The highest BCUT2D eigenvalue weighted by Crippen LogP contribution is 2.20. The quantitative estimate of drug-likeness (QED) is 0.812. The van der Waals surface area contributed by atoms with Gasteiger partial charge in [0.25, 0.3) is 5.91 Å². The van der Waals surface area contributed by atoms with Crippen molar-refractivity contribution in [3.8, 4) is 0 Å². The van der Waals surface area contributed by atoms with Crippen LogP contribution < -0.4 is 5.32 Å². The Morgan fingerprint density at radius 2 is 1.83 bits per heavy atom. The number of carbonyl (C=O) groups is 1. The number of anilines is 1. The highest BCUT2D eigenvalue weighted by Gasteiger charge is 2.06. The van der Waals surface area contributed by atoms with Gasteiger partial charge in [0.1, 0.15) is 0 Å². The summed E-state index contributed by atoms with van der Waals surface area (Å²) in [4.78, 5) is 12.0. The van der Waals surface area contributed by atoms with Crippen molar-refractivity contribution < 1.29 is 4.79 Å². The molecule has 0 unspecified atom stereocenters. The molecule has 0 heterocycles. The minimum atomic E-state index is -0.117.